The first-order valence-electron chi connectivity index (χ1n) is 7.62. The summed E-state index contributed by atoms with van der Waals surface area (Å²) in [4.78, 5) is 14.3. The molecule has 1 aromatic carbocycles. The predicted octanol–water partition coefficient (Wildman–Crippen LogP) is 2.29. The zero-order valence-electron chi connectivity index (χ0n) is 13.6. The van der Waals surface area contributed by atoms with E-state index in [4.69, 9.17) is 0 Å². The van der Waals surface area contributed by atoms with Gasteiger partial charge in [0, 0.05) is 37.7 Å². The molecule has 1 atom stereocenters. The molecule has 0 saturated carbocycles. The first-order chi connectivity index (χ1) is 9.87. The van der Waals surface area contributed by atoms with Crippen molar-refractivity contribution in [3.8, 4) is 0 Å². The van der Waals surface area contributed by atoms with E-state index in [-0.39, 0.29) is 17.2 Å². The van der Waals surface area contributed by atoms with E-state index in [1.807, 2.05) is 12.1 Å². The van der Waals surface area contributed by atoms with Crippen LogP contribution in [0.15, 0.2) is 24.3 Å². The third kappa shape index (κ3) is 4.46. The first-order valence-corrected chi connectivity index (χ1v) is 7.62. The van der Waals surface area contributed by atoms with Crippen molar-refractivity contribution < 1.29 is 4.79 Å². The van der Waals surface area contributed by atoms with Gasteiger partial charge in [0.05, 0.1) is 0 Å². The second kappa shape index (κ2) is 6.48. The highest BCUT2D eigenvalue weighted by Gasteiger charge is 2.25. The molecule has 21 heavy (non-hydrogen) atoms. The van der Waals surface area contributed by atoms with E-state index in [9.17, 15) is 4.79 Å². The van der Waals surface area contributed by atoms with Crippen molar-refractivity contribution in [2.24, 2.45) is 5.41 Å². The minimum absolute atomic E-state index is 0.0883. The van der Waals surface area contributed by atoms with Crippen LogP contribution < -0.4 is 10.6 Å². The van der Waals surface area contributed by atoms with Gasteiger partial charge in [0.25, 0.3) is 0 Å². The molecular weight excluding hydrogens is 262 g/mol. The molecule has 1 unspecified atom stereocenters. The molecule has 116 valence electrons. The molecule has 0 radical (unpaired) electrons. The summed E-state index contributed by atoms with van der Waals surface area (Å²) in [5.74, 6) is 0.434. The van der Waals surface area contributed by atoms with Crippen LogP contribution >= 0.6 is 0 Å². The molecule has 2 rings (SSSR count). The summed E-state index contributed by atoms with van der Waals surface area (Å²) >= 11 is 0. The molecule has 2 N–H and O–H groups in total. The second-order valence-electron chi connectivity index (χ2n) is 7.05. The summed E-state index contributed by atoms with van der Waals surface area (Å²) in [6.07, 6.45) is 0.558. The molecule has 0 aromatic heterocycles. The van der Waals surface area contributed by atoms with E-state index >= 15 is 0 Å². The van der Waals surface area contributed by atoms with Crippen molar-refractivity contribution in [1.82, 2.24) is 10.2 Å². The number of hydrogen-bond acceptors (Lipinski definition) is 3. The standard InChI is InChI=1S/C17H27N3O/c1-17(2,12-20(3)4)11-19-16(21)9-13-10-18-15-8-6-5-7-14(13)15/h5-8,13,18H,9-12H2,1-4H3,(H,19,21). The number of nitrogens with one attached hydrogen (secondary N) is 2. The van der Waals surface area contributed by atoms with Crippen molar-refractivity contribution >= 4 is 11.6 Å². The lowest BCUT2D eigenvalue weighted by Crippen LogP contribution is -2.40. The molecule has 1 heterocycles. The van der Waals surface area contributed by atoms with Crippen molar-refractivity contribution in [2.45, 2.75) is 26.2 Å². The van der Waals surface area contributed by atoms with Gasteiger partial charge in [0.1, 0.15) is 0 Å². The number of rotatable bonds is 6. The van der Waals surface area contributed by atoms with Crippen LogP contribution in [0.5, 0.6) is 0 Å². The topological polar surface area (TPSA) is 44.4 Å². The van der Waals surface area contributed by atoms with Gasteiger partial charge in [0.2, 0.25) is 5.91 Å². The third-order valence-electron chi connectivity index (χ3n) is 3.88. The fourth-order valence-electron chi connectivity index (χ4n) is 3.09. The van der Waals surface area contributed by atoms with Gasteiger partial charge in [0.15, 0.2) is 0 Å². The Bertz CT molecular complexity index is 497. The van der Waals surface area contributed by atoms with Crippen LogP contribution in [0.3, 0.4) is 0 Å². The highest BCUT2D eigenvalue weighted by atomic mass is 16.1. The van der Waals surface area contributed by atoms with Crippen molar-refractivity contribution in [2.75, 3.05) is 39.0 Å². The van der Waals surface area contributed by atoms with E-state index in [0.29, 0.717) is 13.0 Å². The van der Waals surface area contributed by atoms with Crippen molar-refractivity contribution in [3.05, 3.63) is 29.8 Å². The summed E-state index contributed by atoms with van der Waals surface area (Å²) in [5.41, 5.74) is 2.52. The maximum atomic E-state index is 12.2. The van der Waals surface area contributed by atoms with Crippen LogP contribution in [0.1, 0.15) is 31.7 Å². The van der Waals surface area contributed by atoms with Gasteiger partial charge in [-0.15, -0.1) is 0 Å². The first kappa shape index (κ1) is 15.8. The molecule has 1 aromatic rings. The van der Waals surface area contributed by atoms with Crippen LogP contribution in [0, 0.1) is 5.41 Å². The van der Waals surface area contributed by atoms with Gasteiger partial charge >= 0.3 is 0 Å². The molecule has 0 spiro atoms. The Morgan fingerprint density at radius 1 is 1.38 bits per heavy atom. The minimum atomic E-state index is 0.0883. The molecule has 0 bridgehead atoms. The number of carbonyl (C=O) groups is 1. The largest absolute Gasteiger partial charge is 0.384 e. The van der Waals surface area contributed by atoms with Crippen molar-refractivity contribution in [3.63, 3.8) is 0 Å². The van der Waals surface area contributed by atoms with Gasteiger partial charge in [-0.05, 0) is 31.1 Å². The zero-order valence-corrected chi connectivity index (χ0v) is 13.6. The lowest BCUT2D eigenvalue weighted by atomic mass is 9.92. The number of nitrogens with zero attached hydrogens (tertiary/aromatic N) is 1. The summed E-state index contributed by atoms with van der Waals surface area (Å²) in [7, 11) is 4.12. The number of anilines is 1. The molecular formula is C17H27N3O. The predicted molar refractivity (Wildman–Crippen MR) is 87.6 cm³/mol. The third-order valence-corrected chi connectivity index (χ3v) is 3.88. The van der Waals surface area contributed by atoms with Crippen LogP contribution in [0.25, 0.3) is 0 Å². The molecule has 0 saturated heterocycles. The summed E-state index contributed by atoms with van der Waals surface area (Å²) < 4.78 is 0. The lowest BCUT2D eigenvalue weighted by Gasteiger charge is -2.28. The fraction of sp³-hybridized carbons (Fsp3) is 0.588. The number of fused-ring (bicyclic) bond motifs is 1. The summed E-state index contributed by atoms with van der Waals surface area (Å²) in [6, 6.07) is 8.26. The molecule has 4 nitrogen and oxygen atoms in total. The quantitative estimate of drug-likeness (QED) is 0.844. The molecule has 0 aliphatic carbocycles. The van der Waals surface area contributed by atoms with Crippen LogP contribution in [-0.4, -0.2) is 44.5 Å². The number of hydrogen-bond donors (Lipinski definition) is 2. The Balaban J connectivity index is 1.84. The molecule has 1 aliphatic rings. The van der Waals surface area contributed by atoms with E-state index in [2.05, 4.69) is 55.6 Å². The average molecular weight is 289 g/mol. The number of benzene rings is 1. The number of para-hydroxylation sites is 1. The Kier molecular flexibility index (Phi) is 4.88. The second-order valence-corrected chi connectivity index (χ2v) is 7.05. The van der Waals surface area contributed by atoms with E-state index in [0.717, 1.165) is 13.1 Å². The minimum Gasteiger partial charge on any atom is -0.384 e. The lowest BCUT2D eigenvalue weighted by molar-refractivity contribution is -0.121. The smallest absolute Gasteiger partial charge is 0.220 e. The molecule has 1 amide bonds. The SMILES string of the molecule is CN(C)CC(C)(C)CNC(=O)CC1CNc2ccccc21. The van der Waals surface area contributed by atoms with Gasteiger partial charge in [-0.1, -0.05) is 32.0 Å². The van der Waals surface area contributed by atoms with Gasteiger partial charge < -0.3 is 15.5 Å². The van der Waals surface area contributed by atoms with Gasteiger partial charge in [-0.3, -0.25) is 4.79 Å². The van der Waals surface area contributed by atoms with E-state index < -0.39 is 0 Å². The van der Waals surface area contributed by atoms with Crippen molar-refractivity contribution in [1.29, 1.82) is 0 Å². The highest BCUT2D eigenvalue weighted by Crippen LogP contribution is 2.33. The summed E-state index contributed by atoms with van der Waals surface area (Å²) in [5, 5.41) is 6.46. The summed E-state index contributed by atoms with van der Waals surface area (Å²) in [6.45, 7) is 6.89. The van der Waals surface area contributed by atoms with E-state index in [1.54, 1.807) is 0 Å². The van der Waals surface area contributed by atoms with E-state index in [1.165, 1.54) is 11.3 Å². The Hall–Kier alpha value is -1.55. The maximum absolute atomic E-state index is 12.2. The van der Waals surface area contributed by atoms with Crippen LogP contribution in [-0.2, 0) is 4.79 Å². The van der Waals surface area contributed by atoms with Crippen LogP contribution in [0.4, 0.5) is 5.69 Å². The number of amides is 1. The fourth-order valence-corrected chi connectivity index (χ4v) is 3.09. The average Bonchev–Trinajstić information content (AvgIpc) is 2.79. The highest BCUT2D eigenvalue weighted by molar-refractivity contribution is 5.78. The van der Waals surface area contributed by atoms with Gasteiger partial charge in [-0.2, -0.15) is 0 Å². The molecule has 4 heteroatoms. The molecule has 0 fully saturated rings. The molecule has 1 aliphatic heterocycles. The Morgan fingerprint density at radius 3 is 2.81 bits per heavy atom. The monoisotopic (exact) mass is 289 g/mol. The van der Waals surface area contributed by atoms with Crippen LogP contribution in [0.2, 0.25) is 0 Å². The Labute approximate surface area is 127 Å². The van der Waals surface area contributed by atoms with Gasteiger partial charge in [-0.25, -0.2) is 0 Å². The maximum Gasteiger partial charge on any atom is 0.220 e. The normalized spacial score (nSPS) is 17.5. The zero-order chi connectivity index (χ0) is 15.5. The Morgan fingerprint density at radius 2 is 2.10 bits per heavy atom. The number of carbonyl (C=O) groups excluding carboxylic acids is 1.